The Hall–Kier alpha value is -3.33. The third-order valence-electron chi connectivity index (χ3n) is 5.20. The van der Waals surface area contributed by atoms with E-state index in [0.717, 1.165) is 5.56 Å². The van der Waals surface area contributed by atoms with Crippen LogP contribution in [0.15, 0.2) is 59.7 Å². The maximum absolute atomic E-state index is 13.6. The molecule has 0 saturated heterocycles. The number of hydrogen-bond donors (Lipinski definition) is 1. The molecule has 1 atom stereocenters. The number of aromatic nitrogens is 1. The lowest BCUT2D eigenvalue weighted by Crippen LogP contribution is -2.51. The van der Waals surface area contributed by atoms with Crippen molar-refractivity contribution in [2.45, 2.75) is 31.9 Å². The minimum atomic E-state index is -3.50. The number of benzene rings is 2. The van der Waals surface area contributed by atoms with Crippen molar-refractivity contribution in [3.05, 3.63) is 65.7 Å². The zero-order valence-corrected chi connectivity index (χ0v) is 16.3. The molecule has 2 aromatic carbocycles. The summed E-state index contributed by atoms with van der Waals surface area (Å²) in [6.45, 7) is 1.85. The lowest BCUT2D eigenvalue weighted by atomic mass is 10.00. The van der Waals surface area contributed by atoms with E-state index >= 15 is 0 Å². The number of carbonyl (C=O) groups excluding carboxylic acids is 1. The fourth-order valence-corrected chi connectivity index (χ4v) is 3.57. The summed E-state index contributed by atoms with van der Waals surface area (Å²) < 4.78 is 53.5. The predicted octanol–water partition coefficient (Wildman–Crippen LogP) is 4.63. The number of hydrazone groups is 1. The average Bonchev–Trinajstić information content (AvgIpc) is 3.12. The average molecular weight is 431 g/mol. The number of hydrogen-bond acceptors (Lipinski definition) is 4. The van der Waals surface area contributed by atoms with Crippen LogP contribution in [0, 0.1) is 6.92 Å². The number of para-hydroxylation sites is 1. The summed E-state index contributed by atoms with van der Waals surface area (Å²) in [6, 6.07) is 15.2. The minimum absolute atomic E-state index is 0.0720. The lowest BCUT2D eigenvalue weighted by molar-refractivity contribution is -0.164. The van der Waals surface area contributed by atoms with E-state index in [2.05, 4.69) is 10.1 Å². The second-order valence-corrected chi connectivity index (χ2v) is 7.25. The van der Waals surface area contributed by atoms with E-state index in [-0.39, 0.29) is 10.6 Å². The molecule has 3 aromatic rings. The van der Waals surface area contributed by atoms with Gasteiger partial charge in [0.25, 0.3) is 18.8 Å². The Morgan fingerprint density at radius 2 is 1.77 bits per heavy atom. The Labute approximate surface area is 174 Å². The van der Waals surface area contributed by atoms with Crippen LogP contribution in [0.5, 0.6) is 0 Å². The number of rotatable bonds is 4. The maximum Gasteiger partial charge on any atom is 0.287 e. The number of pyridine rings is 1. The van der Waals surface area contributed by atoms with Gasteiger partial charge in [-0.1, -0.05) is 42.5 Å². The second kappa shape index (κ2) is 7.73. The van der Waals surface area contributed by atoms with Crippen LogP contribution in [0.1, 0.15) is 22.3 Å². The van der Waals surface area contributed by atoms with Crippen LogP contribution < -0.4 is 0 Å². The van der Waals surface area contributed by atoms with Crippen molar-refractivity contribution >= 4 is 22.5 Å². The number of halogens is 4. The van der Waals surface area contributed by atoms with E-state index in [4.69, 9.17) is 0 Å². The molecule has 0 spiro atoms. The van der Waals surface area contributed by atoms with Crippen LogP contribution in [-0.4, -0.2) is 45.3 Å². The third-order valence-corrected chi connectivity index (χ3v) is 5.20. The quantitative estimate of drug-likeness (QED) is 0.613. The Morgan fingerprint density at radius 1 is 1.10 bits per heavy atom. The van der Waals surface area contributed by atoms with E-state index in [1.165, 1.54) is 6.07 Å². The molecule has 0 radical (unpaired) electrons. The van der Waals surface area contributed by atoms with Gasteiger partial charge in [-0.15, -0.1) is 0 Å². The number of aliphatic hydroxyl groups is 1. The van der Waals surface area contributed by atoms with Gasteiger partial charge >= 0.3 is 0 Å². The van der Waals surface area contributed by atoms with Crippen LogP contribution in [0.25, 0.3) is 22.2 Å². The Balaban J connectivity index is 1.90. The highest BCUT2D eigenvalue weighted by Gasteiger charge is 2.53. The van der Waals surface area contributed by atoms with Gasteiger partial charge in [0.05, 0.1) is 16.8 Å². The minimum Gasteiger partial charge on any atom is -0.364 e. The molecule has 1 amide bonds. The molecule has 1 N–H and O–H groups in total. The largest absolute Gasteiger partial charge is 0.364 e. The SMILES string of the molecule is Cc1ccccc1-c1cc(C(=O)N2N=C(C(F)F)CC2(O)C(F)F)c2ccccc2n1. The molecule has 0 aliphatic carbocycles. The van der Waals surface area contributed by atoms with E-state index in [1.54, 1.807) is 36.4 Å². The molecule has 31 heavy (non-hydrogen) atoms. The van der Waals surface area contributed by atoms with Crippen molar-refractivity contribution in [3.8, 4) is 11.3 Å². The molecule has 5 nitrogen and oxygen atoms in total. The van der Waals surface area contributed by atoms with Gasteiger partial charge in [-0.05, 0) is 24.6 Å². The van der Waals surface area contributed by atoms with Gasteiger partial charge in [0.1, 0.15) is 5.71 Å². The van der Waals surface area contributed by atoms with Crippen molar-refractivity contribution in [2.75, 3.05) is 0 Å². The van der Waals surface area contributed by atoms with Crippen LogP contribution in [0.2, 0.25) is 0 Å². The van der Waals surface area contributed by atoms with Gasteiger partial charge in [-0.25, -0.2) is 22.5 Å². The monoisotopic (exact) mass is 431 g/mol. The highest BCUT2D eigenvalue weighted by atomic mass is 19.3. The molecule has 1 aliphatic heterocycles. The van der Waals surface area contributed by atoms with Crippen molar-refractivity contribution < 1.29 is 27.5 Å². The van der Waals surface area contributed by atoms with Crippen molar-refractivity contribution in [2.24, 2.45) is 5.10 Å². The number of amides is 1. The fraction of sp³-hybridized carbons (Fsp3) is 0.227. The summed E-state index contributed by atoms with van der Waals surface area (Å²) in [5.74, 6) is -1.12. The first kappa shape index (κ1) is 20.9. The van der Waals surface area contributed by atoms with Crippen molar-refractivity contribution in [3.63, 3.8) is 0 Å². The third kappa shape index (κ3) is 3.54. The van der Waals surface area contributed by atoms with Crippen molar-refractivity contribution in [1.29, 1.82) is 0 Å². The van der Waals surface area contributed by atoms with Gasteiger partial charge in [-0.3, -0.25) is 4.79 Å². The molecule has 0 bridgehead atoms. The number of nitrogens with zero attached hydrogens (tertiary/aromatic N) is 3. The molecule has 160 valence electrons. The molecule has 4 rings (SSSR count). The van der Waals surface area contributed by atoms with Crippen LogP contribution >= 0.6 is 0 Å². The van der Waals surface area contributed by atoms with Crippen LogP contribution in [-0.2, 0) is 0 Å². The Bertz CT molecular complexity index is 1200. The van der Waals surface area contributed by atoms with Gasteiger partial charge in [0, 0.05) is 17.4 Å². The summed E-state index contributed by atoms with van der Waals surface area (Å²) in [6.07, 6.45) is -7.82. The van der Waals surface area contributed by atoms with E-state index in [0.29, 0.717) is 22.2 Å². The molecule has 1 aromatic heterocycles. The van der Waals surface area contributed by atoms with Crippen LogP contribution in [0.4, 0.5) is 17.6 Å². The highest BCUT2D eigenvalue weighted by Crippen LogP contribution is 2.36. The molecule has 2 heterocycles. The maximum atomic E-state index is 13.6. The number of fused-ring (bicyclic) bond motifs is 1. The zero-order valence-electron chi connectivity index (χ0n) is 16.3. The summed E-state index contributed by atoms with van der Waals surface area (Å²) in [4.78, 5) is 17.8. The number of alkyl halides is 4. The molecular weight excluding hydrogens is 414 g/mol. The molecular formula is C22H17F4N3O2. The topological polar surface area (TPSA) is 65.8 Å². The van der Waals surface area contributed by atoms with Crippen LogP contribution in [0.3, 0.4) is 0 Å². The van der Waals surface area contributed by atoms with Gasteiger partial charge < -0.3 is 5.11 Å². The molecule has 1 aliphatic rings. The first-order valence-corrected chi connectivity index (χ1v) is 9.39. The van der Waals surface area contributed by atoms with E-state index in [9.17, 15) is 27.5 Å². The second-order valence-electron chi connectivity index (χ2n) is 7.25. The Kier molecular flexibility index (Phi) is 5.22. The molecule has 1 unspecified atom stereocenters. The molecule has 0 saturated carbocycles. The first-order chi connectivity index (χ1) is 14.7. The lowest BCUT2D eigenvalue weighted by Gasteiger charge is -2.30. The highest BCUT2D eigenvalue weighted by molar-refractivity contribution is 6.08. The van der Waals surface area contributed by atoms with Gasteiger partial charge in [-0.2, -0.15) is 10.1 Å². The van der Waals surface area contributed by atoms with E-state index < -0.39 is 36.6 Å². The first-order valence-electron chi connectivity index (χ1n) is 9.39. The predicted molar refractivity (Wildman–Crippen MR) is 107 cm³/mol. The van der Waals surface area contributed by atoms with Crippen molar-refractivity contribution in [1.82, 2.24) is 9.99 Å². The smallest absolute Gasteiger partial charge is 0.287 e. The summed E-state index contributed by atoms with van der Waals surface area (Å²) in [5, 5.41) is 14.1. The number of carbonyl (C=O) groups is 1. The van der Waals surface area contributed by atoms with Gasteiger partial charge in [0.2, 0.25) is 5.72 Å². The fourth-order valence-electron chi connectivity index (χ4n) is 3.57. The molecule has 9 heteroatoms. The number of aryl methyl sites for hydroxylation is 1. The zero-order chi connectivity index (χ0) is 22.3. The van der Waals surface area contributed by atoms with Gasteiger partial charge in [0.15, 0.2) is 0 Å². The summed E-state index contributed by atoms with van der Waals surface area (Å²) in [7, 11) is 0. The summed E-state index contributed by atoms with van der Waals surface area (Å²) >= 11 is 0. The Morgan fingerprint density at radius 3 is 2.45 bits per heavy atom. The molecule has 0 fully saturated rings. The normalized spacial score (nSPS) is 18.8. The standard InChI is InChI=1S/C22H17F4N3O2/c1-12-6-2-3-7-13(12)17-10-15(14-8-4-5-9-16(14)27-17)20(30)29-22(31,21(25)26)11-18(28-29)19(23)24/h2-10,19,21,31H,11H2,1H3. The summed E-state index contributed by atoms with van der Waals surface area (Å²) in [5.41, 5.74) is -1.83. The van der Waals surface area contributed by atoms with E-state index in [1.807, 2.05) is 19.1 Å².